The number of nitrogens with one attached hydrogen (secondary N) is 1. The fourth-order valence-corrected chi connectivity index (χ4v) is 3.61. The molecule has 31 heavy (non-hydrogen) atoms. The Bertz CT molecular complexity index is 1330. The molecule has 1 N–H and O–H groups in total. The van der Waals surface area contributed by atoms with Gasteiger partial charge in [0.2, 0.25) is 17.6 Å². The SMILES string of the molecule is O=C(Cc1cccc2ccccc12)Nc1ccccc1Cc1nc(-c2ccco2)no1. The van der Waals surface area contributed by atoms with Gasteiger partial charge in [-0.2, -0.15) is 4.98 Å². The summed E-state index contributed by atoms with van der Waals surface area (Å²) in [5, 5.41) is 9.20. The molecule has 0 aliphatic rings. The van der Waals surface area contributed by atoms with E-state index in [4.69, 9.17) is 8.94 Å². The van der Waals surface area contributed by atoms with E-state index in [1.54, 1.807) is 18.4 Å². The smallest absolute Gasteiger partial charge is 0.238 e. The fraction of sp³-hybridized carbons (Fsp3) is 0.0800. The van der Waals surface area contributed by atoms with Gasteiger partial charge in [-0.1, -0.05) is 65.8 Å². The molecule has 3 aromatic carbocycles. The van der Waals surface area contributed by atoms with E-state index in [0.717, 1.165) is 27.6 Å². The van der Waals surface area contributed by atoms with Crippen LogP contribution in [0.1, 0.15) is 17.0 Å². The highest BCUT2D eigenvalue weighted by Crippen LogP contribution is 2.23. The molecule has 0 spiro atoms. The average molecular weight is 409 g/mol. The fourth-order valence-electron chi connectivity index (χ4n) is 3.61. The minimum Gasteiger partial charge on any atom is -0.461 e. The molecule has 0 atom stereocenters. The number of carbonyl (C=O) groups is 1. The highest BCUT2D eigenvalue weighted by atomic mass is 16.5. The number of aromatic nitrogens is 2. The lowest BCUT2D eigenvalue weighted by Gasteiger charge is -2.11. The molecule has 0 fully saturated rings. The first-order chi connectivity index (χ1) is 15.3. The van der Waals surface area contributed by atoms with Gasteiger partial charge in [-0.25, -0.2) is 0 Å². The Kier molecular flexibility index (Phi) is 5.02. The molecular formula is C25H19N3O3. The third-order valence-corrected chi connectivity index (χ3v) is 5.07. The van der Waals surface area contributed by atoms with Crippen molar-refractivity contribution >= 4 is 22.4 Å². The van der Waals surface area contributed by atoms with Gasteiger partial charge in [-0.05, 0) is 40.1 Å². The number of benzene rings is 3. The number of nitrogens with zero attached hydrogens (tertiary/aromatic N) is 2. The van der Waals surface area contributed by atoms with Crippen molar-refractivity contribution in [2.75, 3.05) is 5.32 Å². The topological polar surface area (TPSA) is 81.2 Å². The van der Waals surface area contributed by atoms with E-state index in [-0.39, 0.29) is 5.91 Å². The van der Waals surface area contributed by atoms with Crippen molar-refractivity contribution in [1.82, 2.24) is 10.1 Å². The van der Waals surface area contributed by atoms with Gasteiger partial charge in [0.1, 0.15) is 0 Å². The van der Waals surface area contributed by atoms with Crippen LogP contribution in [-0.2, 0) is 17.6 Å². The predicted molar refractivity (Wildman–Crippen MR) is 118 cm³/mol. The number of fused-ring (bicyclic) bond motifs is 1. The summed E-state index contributed by atoms with van der Waals surface area (Å²) in [5.41, 5.74) is 2.61. The zero-order valence-electron chi connectivity index (χ0n) is 16.6. The molecule has 0 unspecified atom stereocenters. The van der Waals surface area contributed by atoms with Crippen LogP contribution in [0.15, 0.2) is 94.1 Å². The van der Waals surface area contributed by atoms with E-state index >= 15 is 0 Å². The van der Waals surface area contributed by atoms with Crippen molar-refractivity contribution in [3.8, 4) is 11.6 Å². The van der Waals surface area contributed by atoms with Crippen LogP contribution in [0.4, 0.5) is 5.69 Å². The third kappa shape index (κ3) is 4.09. The van der Waals surface area contributed by atoms with Crippen LogP contribution in [0, 0.1) is 0 Å². The zero-order chi connectivity index (χ0) is 21.0. The normalized spacial score (nSPS) is 11.0. The van der Waals surface area contributed by atoms with Crippen LogP contribution >= 0.6 is 0 Å². The van der Waals surface area contributed by atoms with Crippen molar-refractivity contribution < 1.29 is 13.7 Å². The zero-order valence-corrected chi connectivity index (χ0v) is 16.6. The van der Waals surface area contributed by atoms with E-state index in [1.165, 1.54) is 0 Å². The Labute approximate surface area is 178 Å². The maximum atomic E-state index is 12.8. The monoisotopic (exact) mass is 409 g/mol. The molecule has 2 heterocycles. The molecule has 2 aromatic heterocycles. The lowest BCUT2D eigenvalue weighted by molar-refractivity contribution is -0.115. The van der Waals surface area contributed by atoms with Crippen LogP contribution in [-0.4, -0.2) is 16.0 Å². The second kappa shape index (κ2) is 8.28. The predicted octanol–water partition coefficient (Wildman–Crippen LogP) is 5.25. The summed E-state index contributed by atoms with van der Waals surface area (Å²) in [6.07, 6.45) is 2.25. The maximum Gasteiger partial charge on any atom is 0.238 e. The first-order valence-corrected chi connectivity index (χ1v) is 9.97. The standard InChI is InChI=1S/C25H19N3O3/c29-23(15-18-10-5-9-17-7-1-3-11-20(17)18)26-21-12-4-2-8-19(21)16-24-27-25(28-31-24)22-13-6-14-30-22/h1-14H,15-16H2,(H,26,29). The molecule has 0 radical (unpaired) electrons. The summed E-state index contributed by atoms with van der Waals surface area (Å²) < 4.78 is 10.7. The Morgan fingerprint density at radius 3 is 2.58 bits per heavy atom. The average Bonchev–Trinajstić information content (AvgIpc) is 3.47. The van der Waals surface area contributed by atoms with E-state index in [1.807, 2.05) is 66.7 Å². The molecule has 1 amide bonds. The van der Waals surface area contributed by atoms with Crippen LogP contribution < -0.4 is 5.32 Å². The van der Waals surface area contributed by atoms with E-state index in [9.17, 15) is 4.79 Å². The Morgan fingerprint density at radius 2 is 1.68 bits per heavy atom. The molecule has 0 aliphatic heterocycles. The number of hydrogen-bond acceptors (Lipinski definition) is 5. The Hall–Kier alpha value is -4.19. The highest BCUT2D eigenvalue weighted by Gasteiger charge is 2.14. The maximum absolute atomic E-state index is 12.8. The Morgan fingerprint density at radius 1 is 0.871 bits per heavy atom. The van der Waals surface area contributed by atoms with Gasteiger partial charge < -0.3 is 14.3 Å². The Balaban J connectivity index is 1.33. The molecule has 5 rings (SSSR count). The van der Waals surface area contributed by atoms with E-state index < -0.39 is 0 Å². The molecule has 0 saturated carbocycles. The van der Waals surface area contributed by atoms with Gasteiger partial charge in [0, 0.05) is 5.69 Å². The summed E-state index contributed by atoms with van der Waals surface area (Å²) in [4.78, 5) is 17.2. The minimum absolute atomic E-state index is 0.0781. The summed E-state index contributed by atoms with van der Waals surface area (Å²) in [7, 11) is 0. The van der Waals surface area contributed by atoms with Crippen molar-refractivity contribution in [3.05, 3.63) is 102 Å². The van der Waals surface area contributed by atoms with Crippen molar-refractivity contribution in [1.29, 1.82) is 0 Å². The first-order valence-electron chi connectivity index (χ1n) is 9.97. The summed E-state index contributed by atoms with van der Waals surface area (Å²) in [6.45, 7) is 0. The van der Waals surface area contributed by atoms with E-state index in [0.29, 0.717) is 30.3 Å². The van der Waals surface area contributed by atoms with E-state index in [2.05, 4.69) is 15.5 Å². The van der Waals surface area contributed by atoms with Crippen LogP contribution in [0.2, 0.25) is 0 Å². The number of anilines is 1. The number of rotatable bonds is 6. The van der Waals surface area contributed by atoms with Gasteiger partial charge in [0.05, 0.1) is 19.1 Å². The molecule has 152 valence electrons. The second-order valence-corrected chi connectivity index (χ2v) is 7.19. The van der Waals surface area contributed by atoms with Gasteiger partial charge in [0.15, 0.2) is 5.76 Å². The highest BCUT2D eigenvalue weighted by molar-refractivity contribution is 5.96. The van der Waals surface area contributed by atoms with Crippen molar-refractivity contribution in [3.63, 3.8) is 0 Å². The number of para-hydroxylation sites is 1. The summed E-state index contributed by atoms with van der Waals surface area (Å²) >= 11 is 0. The van der Waals surface area contributed by atoms with Gasteiger partial charge in [0.25, 0.3) is 0 Å². The summed E-state index contributed by atoms with van der Waals surface area (Å²) in [5.74, 6) is 1.32. The van der Waals surface area contributed by atoms with Gasteiger partial charge in [-0.3, -0.25) is 4.79 Å². The molecule has 6 nitrogen and oxygen atoms in total. The first kappa shape index (κ1) is 18.8. The third-order valence-electron chi connectivity index (χ3n) is 5.07. The van der Waals surface area contributed by atoms with Crippen molar-refractivity contribution in [2.45, 2.75) is 12.8 Å². The lowest BCUT2D eigenvalue weighted by atomic mass is 10.0. The molecule has 6 heteroatoms. The van der Waals surface area contributed by atoms with Crippen molar-refractivity contribution in [2.24, 2.45) is 0 Å². The van der Waals surface area contributed by atoms with Gasteiger partial charge in [-0.15, -0.1) is 0 Å². The number of carbonyl (C=O) groups excluding carboxylic acids is 1. The molecule has 5 aromatic rings. The number of furan rings is 1. The van der Waals surface area contributed by atoms with Crippen LogP contribution in [0.25, 0.3) is 22.4 Å². The van der Waals surface area contributed by atoms with Crippen LogP contribution in [0.5, 0.6) is 0 Å². The molecule has 0 bridgehead atoms. The number of hydrogen-bond donors (Lipinski definition) is 1. The molecule has 0 aliphatic carbocycles. The molecule has 0 saturated heterocycles. The second-order valence-electron chi connectivity index (χ2n) is 7.19. The molecular weight excluding hydrogens is 390 g/mol. The lowest BCUT2D eigenvalue weighted by Crippen LogP contribution is -2.16. The quantitative estimate of drug-likeness (QED) is 0.414. The minimum atomic E-state index is -0.0781. The van der Waals surface area contributed by atoms with Crippen LogP contribution in [0.3, 0.4) is 0 Å². The number of amides is 1. The largest absolute Gasteiger partial charge is 0.461 e. The van der Waals surface area contributed by atoms with Gasteiger partial charge >= 0.3 is 0 Å². The summed E-state index contributed by atoms with van der Waals surface area (Å²) in [6, 6.07) is 25.2.